The van der Waals surface area contributed by atoms with Gasteiger partial charge in [-0.3, -0.25) is 0 Å². The number of allylic oxidation sites excluding steroid dienone is 4. The van der Waals surface area contributed by atoms with Crippen molar-refractivity contribution in [1.82, 2.24) is 0 Å². The Hall–Kier alpha value is -1.03. The van der Waals surface area contributed by atoms with Gasteiger partial charge in [-0.2, -0.15) is 13.2 Å². The molecule has 0 saturated heterocycles. The third-order valence-electron chi connectivity index (χ3n) is 3.18. The average Bonchev–Trinajstić information content (AvgIpc) is 2.38. The molecule has 1 aromatic rings. The fourth-order valence-electron chi connectivity index (χ4n) is 1.91. The summed E-state index contributed by atoms with van der Waals surface area (Å²) >= 11 is 2.98. The van der Waals surface area contributed by atoms with Crippen LogP contribution in [0.5, 0.6) is 0 Å². The summed E-state index contributed by atoms with van der Waals surface area (Å²) in [6.07, 6.45) is 0.232. The van der Waals surface area contributed by atoms with E-state index in [0.29, 0.717) is 0 Å². The molecule has 0 bridgehead atoms. The van der Waals surface area contributed by atoms with E-state index in [1.165, 1.54) is 6.08 Å². The van der Waals surface area contributed by atoms with Gasteiger partial charge in [-0.05, 0) is 17.6 Å². The fraction of sp³-hybridized carbons (Fsp3) is 0.286. The lowest BCUT2D eigenvalue weighted by atomic mass is 9.80. The zero-order chi connectivity index (χ0) is 13.2. The molecule has 96 valence electrons. The Morgan fingerprint density at radius 1 is 1.17 bits per heavy atom. The first-order chi connectivity index (χ1) is 8.48. The van der Waals surface area contributed by atoms with E-state index >= 15 is 0 Å². The monoisotopic (exact) mass is 316 g/mol. The summed E-state index contributed by atoms with van der Waals surface area (Å²) in [5.41, 5.74) is 0.0150. The molecule has 0 aliphatic heterocycles. The van der Waals surface area contributed by atoms with Crippen LogP contribution in [0, 0.1) is 5.41 Å². The van der Waals surface area contributed by atoms with E-state index in [1.807, 2.05) is 30.3 Å². The zero-order valence-corrected chi connectivity index (χ0v) is 11.1. The SMILES string of the molecule is FC(F)(F)[C@]1(CBr)C=CC(c2ccccc2)=CC1. The maximum atomic E-state index is 13.0. The normalized spacial score (nSPS) is 23.9. The number of rotatable bonds is 2. The van der Waals surface area contributed by atoms with Gasteiger partial charge in [0, 0.05) is 5.33 Å². The largest absolute Gasteiger partial charge is 0.398 e. The van der Waals surface area contributed by atoms with Crippen LogP contribution in [-0.4, -0.2) is 11.5 Å². The minimum Gasteiger partial charge on any atom is -0.170 e. The summed E-state index contributed by atoms with van der Waals surface area (Å²) in [6.45, 7) is 0. The van der Waals surface area contributed by atoms with E-state index in [0.717, 1.165) is 11.1 Å². The van der Waals surface area contributed by atoms with Gasteiger partial charge in [0.1, 0.15) is 0 Å². The number of alkyl halides is 4. The Bertz CT molecular complexity index is 474. The third-order valence-corrected chi connectivity index (χ3v) is 4.18. The highest BCUT2D eigenvalue weighted by Gasteiger charge is 2.52. The molecule has 0 heterocycles. The molecule has 1 atom stereocenters. The summed E-state index contributed by atoms with van der Waals surface area (Å²) in [4.78, 5) is 0. The van der Waals surface area contributed by atoms with Crippen molar-refractivity contribution in [3.8, 4) is 0 Å². The lowest BCUT2D eigenvalue weighted by Gasteiger charge is -2.32. The van der Waals surface area contributed by atoms with Crippen LogP contribution in [-0.2, 0) is 0 Å². The summed E-state index contributed by atoms with van der Waals surface area (Å²) < 4.78 is 39.0. The first-order valence-electron chi connectivity index (χ1n) is 5.56. The third kappa shape index (κ3) is 2.39. The molecule has 0 N–H and O–H groups in total. The van der Waals surface area contributed by atoms with Crippen molar-refractivity contribution in [2.45, 2.75) is 12.6 Å². The van der Waals surface area contributed by atoms with Gasteiger partial charge in [0.2, 0.25) is 0 Å². The van der Waals surface area contributed by atoms with Crippen LogP contribution in [0.3, 0.4) is 0 Å². The lowest BCUT2D eigenvalue weighted by Crippen LogP contribution is -2.38. The predicted octanol–water partition coefficient (Wildman–Crippen LogP) is 4.97. The molecule has 18 heavy (non-hydrogen) atoms. The van der Waals surface area contributed by atoms with Crippen LogP contribution in [0.25, 0.3) is 5.57 Å². The smallest absolute Gasteiger partial charge is 0.170 e. The first-order valence-corrected chi connectivity index (χ1v) is 6.68. The Morgan fingerprint density at radius 3 is 2.28 bits per heavy atom. The molecule has 0 radical (unpaired) electrons. The van der Waals surface area contributed by atoms with E-state index in [2.05, 4.69) is 15.9 Å². The number of halogens is 4. The lowest BCUT2D eigenvalue weighted by molar-refractivity contribution is -0.196. The van der Waals surface area contributed by atoms with Gasteiger partial charge >= 0.3 is 6.18 Å². The topological polar surface area (TPSA) is 0 Å². The summed E-state index contributed by atoms with van der Waals surface area (Å²) in [5.74, 6) is 0. The number of hydrogen-bond acceptors (Lipinski definition) is 0. The highest BCUT2D eigenvalue weighted by molar-refractivity contribution is 9.09. The molecule has 1 aliphatic rings. The second-order valence-corrected chi connectivity index (χ2v) is 4.91. The van der Waals surface area contributed by atoms with Crippen molar-refractivity contribution in [3.63, 3.8) is 0 Å². The van der Waals surface area contributed by atoms with Crippen LogP contribution >= 0.6 is 15.9 Å². The van der Waals surface area contributed by atoms with Gasteiger partial charge in [-0.25, -0.2) is 0 Å². The maximum absolute atomic E-state index is 13.0. The Balaban J connectivity index is 2.26. The minimum absolute atomic E-state index is 0.0253. The molecule has 4 heteroatoms. The van der Waals surface area contributed by atoms with Crippen LogP contribution in [0.2, 0.25) is 0 Å². The summed E-state index contributed by atoms with van der Waals surface area (Å²) in [5, 5.41) is -0.113. The predicted molar refractivity (Wildman–Crippen MR) is 70.5 cm³/mol. The molecule has 0 spiro atoms. The first kappa shape index (κ1) is 13.4. The van der Waals surface area contributed by atoms with Gasteiger partial charge in [0.25, 0.3) is 0 Å². The van der Waals surface area contributed by atoms with Crippen LogP contribution in [0.4, 0.5) is 13.2 Å². The van der Waals surface area contributed by atoms with E-state index in [4.69, 9.17) is 0 Å². The molecule has 0 unspecified atom stereocenters. The van der Waals surface area contributed by atoms with Crippen LogP contribution in [0.15, 0.2) is 48.6 Å². The highest BCUT2D eigenvalue weighted by atomic mass is 79.9. The highest BCUT2D eigenvalue weighted by Crippen LogP contribution is 2.47. The summed E-state index contributed by atoms with van der Waals surface area (Å²) in [7, 11) is 0. The second kappa shape index (κ2) is 4.92. The quantitative estimate of drug-likeness (QED) is 0.675. The molecule has 1 aliphatic carbocycles. The van der Waals surface area contributed by atoms with Gasteiger partial charge in [-0.15, -0.1) is 0 Å². The molecule has 2 rings (SSSR count). The zero-order valence-electron chi connectivity index (χ0n) is 9.54. The molecular weight excluding hydrogens is 305 g/mol. The van der Waals surface area contributed by atoms with Crippen molar-refractivity contribution >= 4 is 21.5 Å². The molecule has 0 saturated carbocycles. The molecular formula is C14H12BrF3. The van der Waals surface area contributed by atoms with Crippen LogP contribution < -0.4 is 0 Å². The van der Waals surface area contributed by atoms with E-state index in [9.17, 15) is 13.2 Å². The Labute approximate surface area is 112 Å². The van der Waals surface area contributed by atoms with Crippen molar-refractivity contribution < 1.29 is 13.2 Å². The molecule has 0 amide bonds. The van der Waals surface area contributed by atoms with E-state index < -0.39 is 11.6 Å². The van der Waals surface area contributed by atoms with Crippen molar-refractivity contribution in [2.24, 2.45) is 5.41 Å². The number of benzene rings is 1. The van der Waals surface area contributed by atoms with Crippen molar-refractivity contribution in [1.29, 1.82) is 0 Å². The van der Waals surface area contributed by atoms with Gasteiger partial charge in [0.05, 0.1) is 5.41 Å². The molecule has 1 aromatic carbocycles. The fourth-order valence-corrected chi connectivity index (χ4v) is 2.64. The number of hydrogen-bond donors (Lipinski definition) is 0. The average molecular weight is 317 g/mol. The van der Waals surface area contributed by atoms with E-state index in [-0.39, 0.29) is 11.8 Å². The van der Waals surface area contributed by atoms with Crippen molar-refractivity contribution in [3.05, 3.63) is 54.1 Å². The molecule has 0 nitrogen and oxygen atoms in total. The molecule has 0 fully saturated rings. The minimum atomic E-state index is -4.23. The Kier molecular flexibility index (Phi) is 3.66. The van der Waals surface area contributed by atoms with Gasteiger partial charge in [-0.1, -0.05) is 64.5 Å². The Morgan fingerprint density at radius 2 is 1.83 bits per heavy atom. The van der Waals surface area contributed by atoms with E-state index in [1.54, 1.807) is 12.2 Å². The molecule has 0 aromatic heterocycles. The van der Waals surface area contributed by atoms with Gasteiger partial charge < -0.3 is 0 Å². The summed E-state index contributed by atoms with van der Waals surface area (Å²) in [6, 6.07) is 9.42. The van der Waals surface area contributed by atoms with Gasteiger partial charge in [0.15, 0.2) is 0 Å². The maximum Gasteiger partial charge on any atom is 0.398 e. The van der Waals surface area contributed by atoms with Crippen LogP contribution in [0.1, 0.15) is 12.0 Å². The van der Waals surface area contributed by atoms with Crippen molar-refractivity contribution in [2.75, 3.05) is 5.33 Å². The standard InChI is InChI=1S/C14H12BrF3/c15-10-13(14(16,17)18)8-6-12(7-9-13)11-4-2-1-3-5-11/h1-8H,9-10H2/t13-/m1/s1. The second-order valence-electron chi connectivity index (χ2n) is 4.35.